The van der Waals surface area contributed by atoms with Crippen molar-refractivity contribution in [3.63, 3.8) is 0 Å². The van der Waals surface area contributed by atoms with E-state index in [9.17, 15) is 4.79 Å². The Labute approximate surface area is 208 Å². The molecule has 36 heavy (non-hydrogen) atoms. The summed E-state index contributed by atoms with van der Waals surface area (Å²) in [5, 5.41) is 4.94. The van der Waals surface area contributed by atoms with E-state index in [4.69, 9.17) is 0 Å². The minimum absolute atomic E-state index is 0.412. The molecule has 0 spiro atoms. The van der Waals surface area contributed by atoms with Gasteiger partial charge in [-0.05, 0) is 66.1 Å². The second kappa shape index (κ2) is 6.01. The van der Waals surface area contributed by atoms with Crippen LogP contribution in [-0.2, 0) is 10.8 Å². The van der Waals surface area contributed by atoms with Gasteiger partial charge in [0.2, 0.25) is 0 Å². The van der Waals surface area contributed by atoms with Gasteiger partial charge in [-0.3, -0.25) is 4.79 Å². The van der Waals surface area contributed by atoms with E-state index in [0.717, 1.165) is 17.2 Å². The summed E-state index contributed by atoms with van der Waals surface area (Å²) in [6.45, 7) is 0. The van der Waals surface area contributed by atoms with Crippen molar-refractivity contribution in [2.24, 2.45) is 0 Å². The van der Waals surface area contributed by atoms with Crippen molar-refractivity contribution >= 4 is 27.8 Å². The summed E-state index contributed by atoms with van der Waals surface area (Å²) < 4.78 is 0. The monoisotopic (exact) mass is 456 g/mol. The van der Waals surface area contributed by atoms with Gasteiger partial charge in [-0.2, -0.15) is 0 Å². The van der Waals surface area contributed by atoms with Gasteiger partial charge in [-0.1, -0.05) is 115 Å². The van der Waals surface area contributed by atoms with E-state index >= 15 is 0 Å². The number of carbonyl (C=O) groups excluding carboxylic acids is 1. The Morgan fingerprint density at radius 2 is 0.944 bits per heavy atom. The van der Waals surface area contributed by atoms with Gasteiger partial charge in [0.15, 0.2) is 6.29 Å². The molecule has 0 radical (unpaired) electrons. The van der Waals surface area contributed by atoms with Gasteiger partial charge >= 0.3 is 0 Å². The van der Waals surface area contributed by atoms with Crippen LogP contribution in [0, 0.1) is 0 Å². The van der Waals surface area contributed by atoms with E-state index in [1.54, 1.807) is 0 Å². The molecule has 0 aromatic heterocycles. The van der Waals surface area contributed by atoms with E-state index in [2.05, 4.69) is 109 Å². The quantitative estimate of drug-likeness (QED) is 0.231. The van der Waals surface area contributed by atoms with Crippen molar-refractivity contribution in [1.82, 2.24) is 0 Å². The molecule has 0 saturated carbocycles. The minimum Gasteiger partial charge on any atom is -0.298 e. The maximum absolute atomic E-state index is 12.2. The van der Waals surface area contributed by atoms with Gasteiger partial charge in [-0.15, -0.1) is 0 Å². The molecule has 9 rings (SSSR count). The maximum atomic E-state index is 12.2. The Hall–Kier alpha value is -4.49. The van der Waals surface area contributed by atoms with Crippen LogP contribution in [0.15, 0.2) is 115 Å². The molecular formula is C35H20O. The molecule has 0 saturated heterocycles. The molecule has 0 heterocycles. The number of hydrogen-bond acceptors (Lipinski definition) is 1. The number of benzene rings is 6. The van der Waals surface area contributed by atoms with Gasteiger partial charge in [0.25, 0.3) is 0 Å². The first-order valence-corrected chi connectivity index (χ1v) is 12.6. The average Bonchev–Trinajstić information content (AvgIpc) is 3.38. The van der Waals surface area contributed by atoms with Gasteiger partial charge in [0.1, 0.15) is 0 Å². The first-order chi connectivity index (χ1) is 17.8. The number of aldehydes is 1. The second-order valence-electron chi connectivity index (χ2n) is 10.3. The fourth-order valence-electron chi connectivity index (χ4n) is 8.30. The first kappa shape index (κ1) is 18.8. The molecule has 0 amide bonds. The Bertz CT molecular complexity index is 1880. The fraction of sp³-hybridized carbons (Fsp3) is 0.0571. The molecule has 6 aromatic rings. The predicted octanol–water partition coefficient (Wildman–Crippen LogP) is 7.78. The lowest BCUT2D eigenvalue weighted by molar-refractivity contribution is 0.112. The van der Waals surface area contributed by atoms with Gasteiger partial charge in [0.05, 0.1) is 10.8 Å². The van der Waals surface area contributed by atoms with Gasteiger partial charge in [0, 0.05) is 5.56 Å². The largest absolute Gasteiger partial charge is 0.298 e. The number of hydrogen-bond donors (Lipinski definition) is 0. The summed E-state index contributed by atoms with van der Waals surface area (Å²) in [5.41, 5.74) is 10.6. The van der Waals surface area contributed by atoms with Crippen molar-refractivity contribution in [2.45, 2.75) is 10.8 Å². The number of fused-ring (bicyclic) bond motifs is 3. The fourth-order valence-corrected chi connectivity index (χ4v) is 8.30. The third-order valence-corrected chi connectivity index (χ3v) is 9.24. The molecule has 166 valence electrons. The highest BCUT2D eigenvalue weighted by Gasteiger charge is 2.68. The molecule has 3 aliphatic rings. The van der Waals surface area contributed by atoms with E-state index in [-0.39, 0.29) is 0 Å². The van der Waals surface area contributed by atoms with Crippen LogP contribution in [0.25, 0.3) is 32.7 Å². The lowest BCUT2D eigenvalue weighted by Gasteiger charge is -2.50. The zero-order chi connectivity index (χ0) is 23.6. The zero-order valence-electron chi connectivity index (χ0n) is 19.5. The van der Waals surface area contributed by atoms with Crippen molar-refractivity contribution in [3.8, 4) is 11.1 Å². The van der Waals surface area contributed by atoms with Crippen LogP contribution in [0.4, 0.5) is 0 Å². The molecule has 2 unspecified atom stereocenters. The maximum Gasteiger partial charge on any atom is 0.150 e. The highest BCUT2D eigenvalue weighted by molar-refractivity contribution is 6.12. The van der Waals surface area contributed by atoms with Crippen LogP contribution in [0.2, 0.25) is 0 Å². The Kier molecular flexibility index (Phi) is 3.13. The third kappa shape index (κ3) is 1.68. The molecule has 3 aliphatic carbocycles. The van der Waals surface area contributed by atoms with Crippen LogP contribution in [-0.4, -0.2) is 6.29 Å². The Morgan fingerprint density at radius 3 is 1.56 bits per heavy atom. The molecule has 0 aliphatic heterocycles. The molecule has 1 nitrogen and oxygen atoms in total. The number of rotatable bonds is 1. The summed E-state index contributed by atoms with van der Waals surface area (Å²) in [7, 11) is 0. The molecule has 6 aromatic carbocycles. The smallest absolute Gasteiger partial charge is 0.150 e. The lowest BCUT2D eigenvalue weighted by Crippen LogP contribution is -2.48. The molecule has 0 bridgehead atoms. The molecule has 1 heteroatoms. The average molecular weight is 457 g/mol. The van der Waals surface area contributed by atoms with Crippen LogP contribution < -0.4 is 0 Å². The van der Waals surface area contributed by atoms with Crippen molar-refractivity contribution < 1.29 is 4.79 Å². The lowest BCUT2D eigenvalue weighted by atomic mass is 9.50. The van der Waals surface area contributed by atoms with Crippen molar-refractivity contribution in [1.29, 1.82) is 0 Å². The third-order valence-electron chi connectivity index (χ3n) is 9.24. The molecule has 0 N–H and O–H groups in total. The Balaban J connectivity index is 1.67. The summed E-state index contributed by atoms with van der Waals surface area (Å²) >= 11 is 0. The number of carbonyl (C=O) groups is 1. The van der Waals surface area contributed by atoms with E-state index in [1.807, 2.05) is 6.07 Å². The Morgan fingerprint density at radius 1 is 0.444 bits per heavy atom. The van der Waals surface area contributed by atoms with Crippen molar-refractivity contribution in [3.05, 3.63) is 154 Å². The van der Waals surface area contributed by atoms with E-state index < -0.39 is 10.8 Å². The zero-order valence-corrected chi connectivity index (χ0v) is 19.5. The van der Waals surface area contributed by atoms with E-state index in [1.165, 1.54) is 60.7 Å². The van der Waals surface area contributed by atoms with Crippen LogP contribution in [0.5, 0.6) is 0 Å². The second-order valence-corrected chi connectivity index (χ2v) is 10.3. The van der Waals surface area contributed by atoms with Gasteiger partial charge < -0.3 is 0 Å². The van der Waals surface area contributed by atoms with Crippen molar-refractivity contribution in [2.75, 3.05) is 0 Å². The highest BCUT2D eigenvalue weighted by Crippen LogP contribution is 2.74. The normalized spacial score (nSPS) is 21.7. The van der Waals surface area contributed by atoms with Gasteiger partial charge in [-0.25, -0.2) is 0 Å². The minimum atomic E-state index is -0.412. The molecule has 0 fully saturated rings. The summed E-state index contributed by atoms with van der Waals surface area (Å²) in [4.78, 5) is 12.2. The first-order valence-electron chi connectivity index (χ1n) is 12.6. The summed E-state index contributed by atoms with van der Waals surface area (Å²) in [6.07, 6.45) is 1.01. The standard InChI is InChI=1S/C35H20O/c36-20-22-18-19-31-33-23(22)12-7-17-30(33)34-26-13-3-1-10-24(26)25-11-2-4-14-27(25)35(31,34)29-16-6-9-21-8-5-15-28(34)32(21)29/h1-20H. The molecular weight excluding hydrogens is 436 g/mol. The summed E-state index contributed by atoms with van der Waals surface area (Å²) in [6, 6.07) is 42.5. The summed E-state index contributed by atoms with van der Waals surface area (Å²) in [5.74, 6) is 0. The predicted molar refractivity (Wildman–Crippen MR) is 145 cm³/mol. The van der Waals surface area contributed by atoms with Crippen LogP contribution in [0.1, 0.15) is 43.7 Å². The van der Waals surface area contributed by atoms with Crippen LogP contribution in [0.3, 0.4) is 0 Å². The molecule has 2 atom stereocenters. The topological polar surface area (TPSA) is 17.1 Å². The van der Waals surface area contributed by atoms with E-state index in [0.29, 0.717) is 0 Å². The highest BCUT2D eigenvalue weighted by atomic mass is 16.1. The SMILES string of the molecule is O=Cc1ccc2c3c(cccc13)C13c4ccccc4-c4ccccc4C21c1cccc2cccc3c12. The van der Waals surface area contributed by atoms with Crippen LogP contribution >= 0.6 is 0 Å².